The Labute approximate surface area is 155 Å². The molecule has 0 aliphatic carbocycles. The molecule has 0 unspecified atom stereocenters. The number of Topliss-reactive ketones (excluding diaryl/α,β-unsaturated/α-hetero) is 1. The van der Waals surface area contributed by atoms with E-state index in [0.717, 1.165) is 0 Å². The topological polar surface area (TPSA) is 114 Å². The second kappa shape index (κ2) is 10.8. The highest BCUT2D eigenvalue weighted by Crippen LogP contribution is 2.10. The molecule has 0 aliphatic rings. The van der Waals surface area contributed by atoms with Gasteiger partial charge in [-0.3, -0.25) is 14.4 Å². The molecule has 0 rings (SSSR count). The minimum absolute atomic E-state index is 0.125. The van der Waals surface area contributed by atoms with E-state index in [-0.39, 0.29) is 12.3 Å². The Hall–Kier alpha value is -2.12. The molecule has 0 saturated heterocycles. The van der Waals surface area contributed by atoms with Crippen LogP contribution in [0.5, 0.6) is 0 Å². The fourth-order valence-corrected chi connectivity index (χ4v) is 2.18. The van der Waals surface area contributed by atoms with E-state index in [1.807, 2.05) is 13.8 Å². The minimum atomic E-state index is -0.941. The second-order valence-corrected chi connectivity index (χ2v) is 7.52. The van der Waals surface area contributed by atoms with Crippen LogP contribution in [0.3, 0.4) is 0 Å². The van der Waals surface area contributed by atoms with Gasteiger partial charge in [0, 0.05) is 6.54 Å². The van der Waals surface area contributed by atoms with Gasteiger partial charge in [0.1, 0.15) is 11.6 Å². The van der Waals surface area contributed by atoms with E-state index in [9.17, 15) is 19.2 Å². The number of rotatable bonds is 9. The van der Waals surface area contributed by atoms with Crippen molar-refractivity contribution in [2.45, 2.75) is 79.0 Å². The van der Waals surface area contributed by atoms with Crippen molar-refractivity contribution < 1.29 is 23.9 Å². The van der Waals surface area contributed by atoms with Crippen LogP contribution >= 0.6 is 0 Å². The zero-order chi connectivity index (χ0) is 20.5. The first-order valence-corrected chi connectivity index (χ1v) is 9.03. The molecule has 2 atom stereocenters. The molecule has 26 heavy (non-hydrogen) atoms. The molecular weight excluding hydrogens is 338 g/mol. The quantitative estimate of drug-likeness (QED) is 0.532. The molecule has 0 spiro atoms. The van der Waals surface area contributed by atoms with Gasteiger partial charge >= 0.3 is 6.09 Å². The molecule has 3 N–H and O–H groups in total. The summed E-state index contributed by atoms with van der Waals surface area (Å²) >= 11 is 0. The number of alkyl carbamates (subject to hydrolysis) is 1. The molecular formula is C18H33N3O5. The maximum absolute atomic E-state index is 12.6. The first-order valence-electron chi connectivity index (χ1n) is 9.03. The number of hydrogen-bond donors (Lipinski definition) is 3. The number of hydrogen-bond acceptors (Lipinski definition) is 5. The SMILES string of the molecule is CCNC(=O)C(=O)[C@H](CC)NC(=O)[C@H](CC(C)C)NC(=O)OC(C)(C)C. The summed E-state index contributed by atoms with van der Waals surface area (Å²) in [5, 5.41) is 7.53. The Balaban J connectivity index is 5.08. The highest BCUT2D eigenvalue weighted by atomic mass is 16.6. The van der Waals surface area contributed by atoms with Crippen LogP contribution in [0.4, 0.5) is 4.79 Å². The van der Waals surface area contributed by atoms with Gasteiger partial charge in [-0.25, -0.2) is 4.79 Å². The van der Waals surface area contributed by atoms with Crippen molar-refractivity contribution in [1.82, 2.24) is 16.0 Å². The van der Waals surface area contributed by atoms with Crippen molar-refractivity contribution in [3.63, 3.8) is 0 Å². The lowest BCUT2D eigenvalue weighted by Gasteiger charge is -2.25. The highest BCUT2D eigenvalue weighted by Gasteiger charge is 2.30. The summed E-state index contributed by atoms with van der Waals surface area (Å²) < 4.78 is 5.19. The maximum Gasteiger partial charge on any atom is 0.408 e. The Bertz CT molecular complexity index is 511. The van der Waals surface area contributed by atoms with Crippen LogP contribution in [0.25, 0.3) is 0 Å². The third-order valence-corrected chi connectivity index (χ3v) is 3.32. The molecule has 150 valence electrons. The molecule has 0 heterocycles. The van der Waals surface area contributed by atoms with Gasteiger partial charge in [0.2, 0.25) is 11.7 Å². The maximum atomic E-state index is 12.6. The number of carbonyl (C=O) groups excluding carboxylic acids is 4. The third kappa shape index (κ3) is 9.39. The van der Waals surface area contributed by atoms with Crippen LogP contribution in [0.2, 0.25) is 0 Å². The highest BCUT2D eigenvalue weighted by molar-refractivity contribution is 6.38. The minimum Gasteiger partial charge on any atom is -0.444 e. The monoisotopic (exact) mass is 371 g/mol. The van der Waals surface area contributed by atoms with Crippen LogP contribution in [-0.2, 0) is 19.1 Å². The molecule has 8 heteroatoms. The summed E-state index contributed by atoms with van der Waals surface area (Å²) in [7, 11) is 0. The van der Waals surface area contributed by atoms with Crippen molar-refractivity contribution in [2.75, 3.05) is 6.54 Å². The van der Waals surface area contributed by atoms with Gasteiger partial charge in [0.25, 0.3) is 5.91 Å². The van der Waals surface area contributed by atoms with Gasteiger partial charge in [0.15, 0.2) is 0 Å². The molecule has 0 aromatic rings. The van der Waals surface area contributed by atoms with Gasteiger partial charge in [-0.2, -0.15) is 0 Å². The van der Waals surface area contributed by atoms with E-state index < -0.39 is 41.4 Å². The van der Waals surface area contributed by atoms with Gasteiger partial charge < -0.3 is 20.7 Å². The molecule has 0 aromatic heterocycles. The number of amides is 3. The largest absolute Gasteiger partial charge is 0.444 e. The van der Waals surface area contributed by atoms with E-state index in [4.69, 9.17) is 4.74 Å². The van der Waals surface area contributed by atoms with Crippen molar-refractivity contribution in [1.29, 1.82) is 0 Å². The van der Waals surface area contributed by atoms with E-state index in [1.165, 1.54) is 0 Å². The van der Waals surface area contributed by atoms with Crippen molar-refractivity contribution >= 4 is 23.7 Å². The summed E-state index contributed by atoms with van der Waals surface area (Å²) in [5.74, 6) is -1.84. The molecule has 0 saturated carbocycles. The predicted octanol–water partition coefficient (Wildman–Crippen LogP) is 1.53. The summed E-state index contributed by atoms with van der Waals surface area (Å²) in [6.45, 7) is 12.7. The van der Waals surface area contributed by atoms with Crippen molar-refractivity contribution in [2.24, 2.45) is 5.92 Å². The first-order chi connectivity index (χ1) is 11.9. The first kappa shape index (κ1) is 23.9. The smallest absolute Gasteiger partial charge is 0.408 e. The van der Waals surface area contributed by atoms with Crippen LogP contribution < -0.4 is 16.0 Å². The van der Waals surface area contributed by atoms with E-state index in [1.54, 1.807) is 34.6 Å². The molecule has 0 aliphatic heterocycles. The number of likely N-dealkylation sites (N-methyl/N-ethyl adjacent to an activating group) is 1. The van der Waals surface area contributed by atoms with E-state index in [2.05, 4.69) is 16.0 Å². The molecule has 8 nitrogen and oxygen atoms in total. The summed E-state index contributed by atoms with van der Waals surface area (Å²) in [6.07, 6.45) is -0.0687. The van der Waals surface area contributed by atoms with Gasteiger partial charge in [-0.15, -0.1) is 0 Å². The molecule has 0 radical (unpaired) electrons. The van der Waals surface area contributed by atoms with Gasteiger partial charge in [-0.1, -0.05) is 20.8 Å². The normalized spacial score (nSPS) is 13.5. The number of carbonyl (C=O) groups is 4. The van der Waals surface area contributed by atoms with Gasteiger partial charge in [-0.05, 0) is 46.5 Å². The number of ketones is 1. The standard InChI is InChI=1S/C18H33N3O5/c1-8-12(14(22)16(24)19-9-2)20-15(23)13(10-11(3)4)21-17(25)26-18(5,6)7/h11-13H,8-10H2,1-7H3,(H,19,24)(H,20,23)(H,21,25)/t12-,13-/m0/s1. The second-order valence-electron chi connectivity index (χ2n) is 7.52. The number of ether oxygens (including phenoxy) is 1. The molecule has 3 amide bonds. The Morgan fingerprint density at radius 1 is 0.962 bits per heavy atom. The van der Waals surface area contributed by atoms with Crippen LogP contribution in [-0.4, -0.2) is 47.9 Å². The summed E-state index contributed by atoms with van der Waals surface area (Å²) in [4.78, 5) is 48.4. The van der Waals surface area contributed by atoms with Crippen LogP contribution in [0.15, 0.2) is 0 Å². The summed E-state index contributed by atoms with van der Waals surface area (Å²) in [5.41, 5.74) is -0.691. The van der Waals surface area contributed by atoms with E-state index in [0.29, 0.717) is 13.0 Å². The molecule has 0 bridgehead atoms. The average molecular weight is 371 g/mol. The fraction of sp³-hybridized carbons (Fsp3) is 0.778. The van der Waals surface area contributed by atoms with Crippen molar-refractivity contribution in [3.8, 4) is 0 Å². The van der Waals surface area contributed by atoms with Gasteiger partial charge in [0.05, 0.1) is 6.04 Å². The Kier molecular flexibility index (Phi) is 9.90. The molecule has 0 fully saturated rings. The van der Waals surface area contributed by atoms with Crippen LogP contribution in [0.1, 0.15) is 61.3 Å². The molecule has 0 aromatic carbocycles. The number of nitrogens with one attached hydrogen (secondary N) is 3. The lowest BCUT2D eigenvalue weighted by molar-refractivity contribution is -0.140. The van der Waals surface area contributed by atoms with Crippen molar-refractivity contribution in [3.05, 3.63) is 0 Å². The Morgan fingerprint density at radius 3 is 1.96 bits per heavy atom. The average Bonchev–Trinajstić information content (AvgIpc) is 2.48. The predicted molar refractivity (Wildman–Crippen MR) is 98.5 cm³/mol. The zero-order valence-corrected chi connectivity index (χ0v) is 16.9. The fourth-order valence-electron chi connectivity index (χ4n) is 2.18. The zero-order valence-electron chi connectivity index (χ0n) is 16.9. The third-order valence-electron chi connectivity index (χ3n) is 3.32. The lowest BCUT2D eigenvalue weighted by Crippen LogP contribution is -2.54. The van der Waals surface area contributed by atoms with E-state index >= 15 is 0 Å². The summed E-state index contributed by atoms with van der Waals surface area (Å²) in [6, 6.07) is -1.80. The van der Waals surface area contributed by atoms with Crippen LogP contribution in [0, 0.1) is 5.92 Å². The lowest BCUT2D eigenvalue weighted by atomic mass is 10.0. The Morgan fingerprint density at radius 2 is 1.54 bits per heavy atom.